The molecule has 0 saturated carbocycles. The monoisotopic (exact) mass is 479 g/mol. The van der Waals surface area contributed by atoms with Crippen LogP contribution in [0.3, 0.4) is 0 Å². The highest BCUT2D eigenvalue weighted by molar-refractivity contribution is 5.89. The number of benzene rings is 2. The molecule has 2 amide bonds. The highest BCUT2D eigenvalue weighted by Crippen LogP contribution is 2.32. The Balaban J connectivity index is 1.46. The average Bonchev–Trinajstić information content (AvgIpc) is 3.31. The third-order valence-electron chi connectivity index (χ3n) is 6.47. The van der Waals surface area contributed by atoms with Crippen LogP contribution in [0.2, 0.25) is 0 Å². The van der Waals surface area contributed by atoms with E-state index in [0.717, 1.165) is 69.8 Å². The summed E-state index contributed by atoms with van der Waals surface area (Å²) in [7, 11) is 0. The van der Waals surface area contributed by atoms with Gasteiger partial charge in [0, 0.05) is 44.5 Å². The highest BCUT2D eigenvalue weighted by Gasteiger charge is 2.33. The second-order valence-corrected chi connectivity index (χ2v) is 9.03. The summed E-state index contributed by atoms with van der Waals surface area (Å²) in [6.07, 6.45) is -2.13. The summed E-state index contributed by atoms with van der Waals surface area (Å²) in [5, 5.41) is 2.50. The Labute approximate surface area is 196 Å². The number of carbonyl (C=O) groups is 1. The van der Waals surface area contributed by atoms with Crippen molar-refractivity contribution in [1.82, 2.24) is 9.80 Å². The van der Waals surface area contributed by atoms with Crippen molar-refractivity contribution in [3.05, 3.63) is 65.5 Å². The Morgan fingerprint density at radius 1 is 1.09 bits per heavy atom. The zero-order valence-corrected chi connectivity index (χ0v) is 18.9. The van der Waals surface area contributed by atoms with Gasteiger partial charge in [-0.2, -0.15) is 13.2 Å². The first kappa shape index (κ1) is 24.5. The third-order valence-corrected chi connectivity index (χ3v) is 6.47. The molecule has 2 aromatic rings. The molecule has 2 aromatic carbocycles. The quantitative estimate of drug-likeness (QED) is 0.566. The Morgan fingerprint density at radius 3 is 2.47 bits per heavy atom. The second kappa shape index (κ2) is 10.7. The first-order chi connectivity index (χ1) is 16.3. The van der Waals surface area contributed by atoms with Crippen LogP contribution < -0.4 is 5.32 Å². The molecule has 0 aromatic heterocycles. The molecule has 1 N–H and O–H groups in total. The van der Waals surface area contributed by atoms with Gasteiger partial charge in [0.05, 0.1) is 12.2 Å². The van der Waals surface area contributed by atoms with Crippen molar-refractivity contribution in [2.45, 2.75) is 38.0 Å². The number of likely N-dealkylation sites (tertiary alicyclic amines) is 1. The molecule has 2 fully saturated rings. The number of carbonyl (C=O) groups excluding carboxylic acids is 1. The Morgan fingerprint density at radius 2 is 1.82 bits per heavy atom. The molecule has 184 valence electrons. The van der Waals surface area contributed by atoms with E-state index < -0.39 is 23.6 Å². The summed E-state index contributed by atoms with van der Waals surface area (Å²) in [4.78, 5) is 17.3. The molecule has 9 heteroatoms. The number of alkyl halides is 3. The van der Waals surface area contributed by atoms with Gasteiger partial charge in [-0.25, -0.2) is 9.18 Å². The van der Waals surface area contributed by atoms with Gasteiger partial charge in [-0.1, -0.05) is 30.3 Å². The van der Waals surface area contributed by atoms with Crippen LogP contribution in [0.25, 0.3) is 0 Å². The van der Waals surface area contributed by atoms with E-state index in [0.29, 0.717) is 18.5 Å². The zero-order valence-electron chi connectivity index (χ0n) is 18.9. The van der Waals surface area contributed by atoms with E-state index >= 15 is 0 Å². The predicted molar refractivity (Wildman–Crippen MR) is 121 cm³/mol. The number of hydrogen-bond acceptors (Lipinski definition) is 3. The minimum absolute atomic E-state index is 0.0769. The summed E-state index contributed by atoms with van der Waals surface area (Å²) in [5.41, 5.74) is -0.436. The van der Waals surface area contributed by atoms with Gasteiger partial charge in [0.2, 0.25) is 0 Å². The van der Waals surface area contributed by atoms with Gasteiger partial charge < -0.3 is 19.9 Å². The fourth-order valence-electron chi connectivity index (χ4n) is 4.67. The van der Waals surface area contributed by atoms with E-state index in [1.807, 2.05) is 30.3 Å². The predicted octanol–water partition coefficient (Wildman–Crippen LogP) is 5.38. The number of piperidine rings is 1. The number of anilines is 1. The number of ether oxygens (including phenoxy) is 1. The van der Waals surface area contributed by atoms with Gasteiger partial charge in [0.25, 0.3) is 0 Å². The molecular weight excluding hydrogens is 450 g/mol. The van der Waals surface area contributed by atoms with Crippen molar-refractivity contribution < 1.29 is 27.1 Å². The summed E-state index contributed by atoms with van der Waals surface area (Å²) < 4.78 is 58.6. The molecule has 5 nitrogen and oxygen atoms in total. The SMILES string of the molecule is O=C(Nc1cc(F)cc(C(F)(F)F)c1)N(Cc1ccccc1)C1CCN(CC2CCOC2)CC1. The molecule has 1 atom stereocenters. The smallest absolute Gasteiger partial charge is 0.381 e. The summed E-state index contributed by atoms with van der Waals surface area (Å²) in [6, 6.07) is 10.9. The maximum atomic E-state index is 13.8. The first-order valence-electron chi connectivity index (χ1n) is 11.6. The van der Waals surface area contributed by atoms with Crippen molar-refractivity contribution >= 4 is 11.7 Å². The molecule has 0 aliphatic carbocycles. The molecule has 4 rings (SSSR count). The molecule has 0 bridgehead atoms. The third kappa shape index (κ3) is 6.48. The van der Waals surface area contributed by atoms with Gasteiger partial charge in [-0.05, 0) is 48.9 Å². The molecule has 2 saturated heterocycles. The van der Waals surface area contributed by atoms with Crippen molar-refractivity contribution in [3.63, 3.8) is 0 Å². The van der Waals surface area contributed by atoms with Crippen LogP contribution in [0, 0.1) is 11.7 Å². The first-order valence-corrected chi connectivity index (χ1v) is 11.6. The fraction of sp³-hybridized carbons (Fsp3) is 0.480. The average molecular weight is 480 g/mol. The summed E-state index contributed by atoms with van der Waals surface area (Å²) in [6.45, 7) is 4.55. The lowest BCUT2D eigenvalue weighted by Gasteiger charge is -2.39. The number of halogens is 4. The van der Waals surface area contributed by atoms with E-state index in [-0.39, 0.29) is 11.7 Å². The second-order valence-electron chi connectivity index (χ2n) is 9.03. The van der Waals surface area contributed by atoms with E-state index in [1.165, 1.54) is 0 Å². The van der Waals surface area contributed by atoms with Crippen molar-refractivity contribution in [3.8, 4) is 0 Å². The number of nitrogens with zero attached hydrogens (tertiary/aromatic N) is 2. The summed E-state index contributed by atoms with van der Waals surface area (Å²) in [5.74, 6) is -0.514. The van der Waals surface area contributed by atoms with Crippen LogP contribution in [0.1, 0.15) is 30.4 Å². The van der Waals surface area contributed by atoms with Crippen LogP contribution in [0.4, 0.5) is 28.0 Å². The molecule has 1 unspecified atom stereocenters. The molecule has 2 aliphatic rings. The van der Waals surface area contributed by atoms with E-state index in [2.05, 4.69) is 10.2 Å². The van der Waals surface area contributed by atoms with Crippen molar-refractivity contribution in [1.29, 1.82) is 0 Å². The number of urea groups is 1. The van der Waals surface area contributed by atoms with Crippen LogP contribution >= 0.6 is 0 Å². The molecule has 0 spiro atoms. The minimum atomic E-state index is -4.71. The highest BCUT2D eigenvalue weighted by atomic mass is 19.4. The maximum absolute atomic E-state index is 13.8. The normalized spacial score (nSPS) is 19.8. The fourth-order valence-corrected chi connectivity index (χ4v) is 4.67. The Bertz CT molecular complexity index is 956. The zero-order chi connectivity index (χ0) is 24.1. The maximum Gasteiger partial charge on any atom is 0.416 e. The molecule has 0 radical (unpaired) electrons. The largest absolute Gasteiger partial charge is 0.416 e. The van der Waals surface area contributed by atoms with E-state index in [1.54, 1.807) is 4.90 Å². The van der Waals surface area contributed by atoms with Gasteiger partial charge in [0.15, 0.2) is 0 Å². The molecule has 2 heterocycles. The topological polar surface area (TPSA) is 44.8 Å². The van der Waals surface area contributed by atoms with E-state index in [9.17, 15) is 22.4 Å². The number of hydrogen-bond donors (Lipinski definition) is 1. The minimum Gasteiger partial charge on any atom is -0.381 e. The standard InChI is InChI=1S/C25H29F4N3O2/c26-21-12-20(25(27,28)29)13-22(14-21)30-24(33)32(16-18-4-2-1-3-5-18)23-6-9-31(10-7-23)15-19-8-11-34-17-19/h1-5,12-14,19,23H,6-11,15-17H2,(H,30,33). The summed E-state index contributed by atoms with van der Waals surface area (Å²) >= 11 is 0. The number of amides is 2. The van der Waals surface area contributed by atoms with Gasteiger partial charge in [-0.3, -0.25) is 0 Å². The lowest BCUT2D eigenvalue weighted by atomic mass is 10.0. The van der Waals surface area contributed by atoms with Gasteiger partial charge >= 0.3 is 12.2 Å². The lowest BCUT2D eigenvalue weighted by molar-refractivity contribution is -0.137. The van der Waals surface area contributed by atoms with E-state index in [4.69, 9.17) is 4.74 Å². The van der Waals surface area contributed by atoms with Crippen LogP contribution in [-0.2, 0) is 17.5 Å². The molecule has 2 aliphatic heterocycles. The molecule has 34 heavy (non-hydrogen) atoms. The molecular formula is C25H29F4N3O2. The van der Waals surface area contributed by atoms with Crippen LogP contribution in [0.15, 0.2) is 48.5 Å². The van der Waals surface area contributed by atoms with Crippen LogP contribution in [-0.4, -0.2) is 54.7 Å². The lowest BCUT2D eigenvalue weighted by Crippen LogP contribution is -2.49. The van der Waals surface area contributed by atoms with Gasteiger partial charge in [-0.15, -0.1) is 0 Å². The number of nitrogens with one attached hydrogen (secondary N) is 1. The van der Waals surface area contributed by atoms with Crippen LogP contribution in [0.5, 0.6) is 0 Å². The Hall–Kier alpha value is -2.65. The van der Waals surface area contributed by atoms with Crippen molar-refractivity contribution in [2.24, 2.45) is 5.92 Å². The number of rotatable bonds is 6. The van der Waals surface area contributed by atoms with Gasteiger partial charge in [0.1, 0.15) is 5.82 Å². The van der Waals surface area contributed by atoms with Crippen molar-refractivity contribution in [2.75, 3.05) is 38.2 Å². The Kier molecular flexibility index (Phi) is 7.73.